The highest BCUT2D eigenvalue weighted by atomic mass is 32.1. The van der Waals surface area contributed by atoms with Crippen molar-refractivity contribution in [2.24, 2.45) is 5.92 Å². The van der Waals surface area contributed by atoms with Crippen molar-refractivity contribution in [1.29, 1.82) is 0 Å². The van der Waals surface area contributed by atoms with Crippen LogP contribution in [0.15, 0.2) is 12.1 Å². The van der Waals surface area contributed by atoms with E-state index in [4.69, 9.17) is 0 Å². The van der Waals surface area contributed by atoms with Crippen LogP contribution in [0.5, 0.6) is 0 Å². The van der Waals surface area contributed by atoms with Crippen molar-refractivity contribution in [3.63, 3.8) is 0 Å². The summed E-state index contributed by atoms with van der Waals surface area (Å²) in [6, 6.07) is 5.32. The van der Waals surface area contributed by atoms with Crippen LogP contribution in [0.3, 0.4) is 0 Å². The Bertz CT molecular complexity index is 325. The van der Waals surface area contributed by atoms with E-state index < -0.39 is 0 Å². The minimum absolute atomic E-state index is 0.693. The molecule has 1 nitrogen and oxygen atoms in total. The summed E-state index contributed by atoms with van der Waals surface area (Å²) in [4.78, 5) is 3.09. The lowest BCUT2D eigenvalue weighted by molar-refractivity contribution is 0.277. The van der Waals surface area contributed by atoms with Crippen LogP contribution >= 0.6 is 11.3 Å². The molecule has 2 rings (SSSR count). The molecule has 0 saturated heterocycles. The van der Waals surface area contributed by atoms with Gasteiger partial charge < -0.3 is 5.32 Å². The first-order valence-corrected chi connectivity index (χ1v) is 7.90. The van der Waals surface area contributed by atoms with E-state index >= 15 is 0 Å². The predicted octanol–water partition coefficient (Wildman–Crippen LogP) is 4.02. The first-order chi connectivity index (χ1) is 8.33. The Kier molecular flexibility index (Phi) is 5.05. The minimum atomic E-state index is 0.693. The molecular formula is C15H25NS. The third-order valence-electron chi connectivity index (χ3n) is 4.08. The minimum Gasteiger partial charge on any atom is -0.316 e. The molecule has 0 aliphatic heterocycles. The van der Waals surface area contributed by atoms with Crippen molar-refractivity contribution < 1.29 is 0 Å². The first kappa shape index (κ1) is 13.1. The fourth-order valence-electron chi connectivity index (χ4n) is 2.98. The third-order valence-corrected chi connectivity index (χ3v) is 5.33. The molecule has 1 aliphatic carbocycles. The molecule has 1 aromatic heterocycles. The molecule has 2 heteroatoms. The van der Waals surface area contributed by atoms with E-state index in [1.807, 2.05) is 11.3 Å². The maximum atomic E-state index is 3.55. The van der Waals surface area contributed by atoms with E-state index in [1.165, 1.54) is 49.8 Å². The van der Waals surface area contributed by atoms with Gasteiger partial charge in [-0.2, -0.15) is 0 Å². The first-order valence-electron chi connectivity index (χ1n) is 7.08. The molecule has 1 heterocycles. The third kappa shape index (κ3) is 3.56. The molecule has 0 radical (unpaired) electrons. The standard InChI is InChI=1S/C15H25NS/c1-3-13-9-10-14(17-13)11-15(16-2)12-7-5-4-6-8-12/h9-10,12,15-16H,3-8,11H2,1-2H3. The van der Waals surface area contributed by atoms with Crippen molar-refractivity contribution in [2.75, 3.05) is 7.05 Å². The number of nitrogens with one attached hydrogen (secondary N) is 1. The molecular weight excluding hydrogens is 226 g/mol. The number of aryl methyl sites for hydroxylation is 1. The van der Waals surface area contributed by atoms with E-state index in [0.29, 0.717) is 6.04 Å². The SMILES string of the molecule is CCc1ccc(CC(NC)C2CCCCC2)s1. The average molecular weight is 251 g/mol. The number of likely N-dealkylation sites (N-methyl/N-ethyl adjacent to an activating group) is 1. The summed E-state index contributed by atoms with van der Waals surface area (Å²) in [6.07, 6.45) is 9.59. The van der Waals surface area contributed by atoms with Crippen molar-refractivity contribution in [2.45, 2.75) is 57.9 Å². The summed E-state index contributed by atoms with van der Waals surface area (Å²) >= 11 is 2.00. The molecule has 0 amide bonds. The van der Waals surface area contributed by atoms with Gasteiger partial charge in [0, 0.05) is 15.8 Å². The molecule has 0 spiro atoms. The summed E-state index contributed by atoms with van der Waals surface area (Å²) in [5, 5.41) is 3.55. The van der Waals surface area contributed by atoms with Crippen molar-refractivity contribution in [1.82, 2.24) is 5.32 Å². The maximum absolute atomic E-state index is 3.55. The Morgan fingerprint density at radius 3 is 2.53 bits per heavy atom. The van der Waals surface area contributed by atoms with Gasteiger partial charge in [0.05, 0.1) is 0 Å². The Hall–Kier alpha value is -0.340. The monoisotopic (exact) mass is 251 g/mol. The van der Waals surface area contributed by atoms with Crippen LogP contribution in [0.4, 0.5) is 0 Å². The zero-order valence-electron chi connectivity index (χ0n) is 11.2. The lowest BCUT2D eigenvalue weighted by atomic mass is 9.82. The Morgan fingerprint density at radius 1 is 1.24 bits per heavy atom. The Labute approximate surface area is 110 Å². The van der Waals surface area contributed by atoms with Gasteiger partial charge in [-0.15, -0.1) is 11.3 Å². The summed E-state index contributed by atoms with van der Waals surface area (Å²) in [7, 11) is 2.13. The van der Waals surface area contributed by atoms with E-state index in [1.54, 1.807) is 4.88 Å². The maximum Gasteiger partial charge on any atom is 0.0141 e. The van der Waals surface area contributed by atoms with Gasteiger partial charge in [-0.25, -0.2) is 0 Å². The van der Waals surface area contributed by atoms with Crippen molar-refractivity contribution in [3.05, 3.63) is 21.9 Å². The quantitative estimate of drug-likeness (QED) is 0.833. The molecule has 0 bridgehead atoms. The van der Waals surface area contributed by atoms with Crippen LogP contribution in [0.1, 0.15) is 48.8 Å². The molecule has 1 fully saturated rings. The van der Waals surface area contributed by atoms with Crippen LogP contribution in [0.2, 0.25) is 0 Å². The van der Waals surface area contributed by atoms with Gasteiger partial charge in [0.2, 0.25) is 0 Å². The molecule has 1 aliphatic rings. The van der Waals surface area contributed by atoms with Crippen molar-refractivity contribution in [3.8, 4) is 0 Å². The molecule has 1 aromatic rings. The Balaban J connectivity index is 1.93. The largest absolute Gasteiger partial charge is 0.316 e. The van der Waals surface area contributed by atoms with Gasteiger partial charge in [0.25, 0.3) is 0 Å². The molecule has 1 atom stereocenters. The zero-order chi connectivity index (χ0) is 12.1. The molecule has 1 saturated carbocycles. The van der Waals surface area contributed by atoms with Crippen molar-refractivity contribution >= 4 is 11.3 Å². The number of thiophene rings is 1. The highest BCUT2D eigenvalue weighted by Crippen LogP contribution is 2.29. The summed E-state index contributed by atoms with van der Waals surface area (Å²) in [5.41, 5.74) is 0. The number of hydrogen-bond acceptors (Lipinski definition) is 2. The van der Waals surface area contributed by atoms with Crippen LogP contribution in [0, 0.1) is 5.92 Å². The van der Waals surface area contributed by atoms with E-state index in [-0.39, 0.29) is 0 Å². The molecule has 96 valence electrons. The van der Waals surface area contributed by atoms with Crippen LogP contribution in [0.25, 0.3) is 0 Å². The summed E-state index contributed by atoms with van der Waals surface area (Å²) < 4.78 is 0. The zero-order valence-corrected chi connectivity index (χ0v) is 12.0. The molecule has 0 aromatic carbocycles. The number of rotatable bonds is 5. The fraction of sp³-hybridized carbons (Fsp3) is 0.733. The van der Waals surface area contributed by atoms with E-state index in [9.17, 15) is 0 Å². The average Bonchev–Trinajstić information content (AvgIpc) is 2.84. The van der Waals surface area contributed by atoms with Gasteiger partial charge >= 0.3 is 0 Å². The second-order valence-electron chi connectivity index (χ2n) is 5.22. The summed E-state index contributed by atoms with van der Waals surface area (Å²) in [6.45, 7) is 2.24. The lowest BCUT2D eigenvalue weighted by Crippen LogP contribution is -2.36. The molecule has 17 heavy (non-hydrogen) atoms. The van der Waals surface area contributed by atoms with Crippen LogP contribution in [-0.2, 0) is 12.8 Å². The second kappa shape index (κ2) is 6.55. The fourth-order valence-corrected chi connectivity index (χ4v) is 4.00. The van der Waals surface area contributed by atoms with E-state index in [2.05, 4.69) is 31.4 Å². The number of hydrogen-bond donors (Lipinski definition) is 1. The van der Waals surface area contributed by atoms with Gasteiger partial charge in [-0.3, -0.25) is 0 Å². The highest BCUT2D eigenvalue weighted by molar-refractivity contribution is 7.11. The van der Waals surface area contributed by atoms with Gasteiger partial charge in [-0.05, 0) is 50.8 Å². The lowest BCUT2D eigenvalue weighted by Gasteiger charge is -2.29. The highest BCUT2D eigenvalue weighted by Gasteiger charge is 2.22. The van der Waals surface area contributed by atoms with Gasteiger partial charge in [0.15, 0.2) is 0 Å². The molecule has 1 N–H and O–H groups in total. The molecule has 1 unspecified atom stereocenters. The van der Waals surface area contributed by atoms with Gasteiger partial charge in [-0.1, -0.05) is 26.2 Å². The smallest absolute Gasteiger partial charge is 0.0141 e. The van der Waals surface area contributed by atoms with Crippen LogP contribution < -0.4 is 5.32 Å². The van der Waals surface area contributed by atoms with Crippen LogP contribution in [-0.4, -0.2) is 13.1 Å². The summed E-state index contributed by atoms with van der Waals surface area (Å²) in [5.74, 6) is 0.904. The van der Waals surface area contributed by atoms with E-state index in [0.717, 1.165) is 5.92 Å². The second-order valence-corrected chi connectivity index (χ2v) is 6.47. The normalized spacial score (nSPS) is 19.4. The predicted molar refractivity (Wildman–Crippen MR) is 76.8 cm³/mol. The Morgan fingerprint density at radius 2 is 1.94 bits per heavy atom. The van der Waals surface area contributed by atoms with Gasteiger partial charge in [0.1, 0.15) is 0 Å². The topological polar surface area (TPSA) is 12.0 Å².